The summed E-state index contributed by atoms with van der Waals surface area (Å²) in [4.78, 5) is 18.6. The van der Waals surface area contributed by atoms with Gasteiger partial charge in [0.2, 0.25) is 5.91 Å². The first-order valence-electron chi connectivity index (χ1n) is 8.59. The van der Waals surface area contributed by atoms with Gasteiger partial charge in [-0.15, -0.1) is 6.42 Å². The second kappa shape index (κ2) is 9.70. The van der Waals surface area contributed by atoms with Crippen LogP contribution in [0, 0.1) is 12.3 Å². The summed E-state index contributed by atoms with van der Waals surface area (Å²) in [6.07, 6.45) is 7.24. The van der Waals surface area contributed by atoms with Crippen LogP contribution < -0.4 is 10.6 Å². The van der Waals surface area contributed by atoms with Crippen LogP contribution in [0.2, 0.25) is 5.02 Å². The number of amides is 1. The van der Waals surface area contributed by atoms with Gasteiger partial charge in [-0.05, 0) is 31.2 Å². The monoisotopic (exact) mass is 385 g/mol. The van der Waals surface area contributed by atoms with Gasteiger partial charge in [-0.3, -0.25) is 4.79 Å². The molecule has 0 fully saturated rings. The van der Waals surface area contributed by atoms with E-state index in [0.717, 1.165) is 5.69 Å². The summed E-state index contributed by atoms with van der Waals surface area (Å²) in [6.45, 7) is 3.29. The lowest BCUT2D eigenvalue weighted by atomic mass is 10.2. The van der Waals surface area contributed by atoms with Gasteiger partial charge in [-0.2, -0.15) is 0 Å². The number of anilines is 1. The first-order valence-corrected chi connectivity index (χ1v) is 8.97. The van der Waals surface area contributed by atoms with Gasteiger partial charge in [0, 0.05) is 43.8 Å². The number of terminal acetylenes is 1. The van der Waals surface area contributed by atoms with E-state index in [2.05, 4.69) is 21.5 Å². The summed E-state index contributed by atoms with van der Waals surface area (Å²) in [6, 6.07) is 9.06. The van der Waals surface area contributed by atoms with E-state index in [0.29, 0.717) is 35.3 Å². The maximum absolute atomic E-state index is 12.2. The highest BCUT2D eigenvalue weighted by Crippen LogP contribution is 2.14. The van der Waals surface area contributed by atoms with Crippen LogP contribution in [0.5, 0.6) is 0 Å². The number of carbonyl (C=O) groups excluding carboxylic acids is 1. The molecule has 1 aromatic heterocycles. The van der Waals surface area contributed by atoms with Gasteiger partial charge in [0.05, 0.1) is 11.6 Å². The number of halogens is 1. The SMILES string of the molecule is C#Cc1cccc(NC(=O)CN=C(NCC)N(C)Cc2cc(Cl)cn2C)c1. The summed E-state index contributed by atoms with van der Waals surface area (Å²) in [7, 11) is 3.85. The fraction of sp³-hybridized carbons (Fsp3) is 0.300. The molecule has 1 aromatic carbocycles. The second-order valence-corrected chi connectivity index (χ2v) is 6.50. The molecule has 2 aromatic rings. The Morgan fingerprint density at radius 1 is 1.41 bits per heavy atom. The Labute approximate surface area is 165 Å². The molecule has 0 saturated heterocycles. The predicted octanol–water partition coefficient (Wildman–Crippen LogP) is 2.70. The lowest BCUT2D eigenvalue weighted by Gasteiger charge is -2.22. The van der Waals surface area contributed by atoms with E-state index in [-0.39, 0.29) is 12.5 Å². The van der Waals surface area contributed by atoms with Gasteiger partial charge < -0.3 is 20.1 Å². The number of hydrogen-bond acceptors (Lipinski definition) is 2. The molecule has 1 amide bonds. The average Bonchev–Trinajstić information content (AvgIpc) is 2.95. The highest BCUT2D eigenvalue weighted by atomic mass is 35.5. The molecule has 142 valence electrons. The Bertz CT molecular complexity index is 865. The van der Waals surface area contributed by atoms with Crippen molar-refractivity contribution < 1.29 is 4.79 Å². The van der Waals surface area contributed by atoms with Gasteiger partial charge in [-0.1, -0.05) is 23.6 Å². The molecule has 0 atom stereocenters. The van der Waals surface area contributed by atoms with Gasteiger partial charge in [0.15, 0.2) is 5.96 Å². The van der Waals surface area contributed by atoms with Crippen molar-refractivity contribution in [3.63, 3.8) is 0 Å². The Kier molecular flexibility index (Phi) is 7.33. The van der Waals surface area contributed by atoms with Gasteiger partial charge in [0.1, 0.15) is 6.54 Å². The van der Waals surface area contributed by atoms with E-state index in [1.54, 1.807) is 18.2 Å². The summed E-state index contributed by atoms with van der Waals surface area (Å²) in [5.74, 6) is 2.97. The third-order valence-corrected chi connectivity index (χ3v) is 4.06. The molecule has 0 spiro atoms. The molecular formula is C20H24ClN5O. The summed E-state index contributed by atoms with van der Waals surface area (Å²) in [5, 5.41) is 6.69. The normalized spacial score (nSPS) is 11.0. The van der Waals surface area contributed by atoms with E-state index in [4.69, 9.17) is 18.0 Å². The Hall–Kier alpha value is -2.91. The average molecular weight is 386 g/mol. The highest BCUT2D eigenvalue weighted by Gasteiger charge is 2.11. The fourth-order valence-corrected chi connectivity index (χ4v) is 2.82. The maximum Gasteiger partial charge on any atom is 0.246 e. The van der Waals surface area contributed by atoms with Gasteiger partial charge >= 0.3 is 0 Å². The van der Waals surface area contributed by atoms with Crippen LogP contribution >= 0.6 is 11.6 Å². The van der Waals surface area contributed by atoms with E-state index >= 15 is 0 Å². The van der Waals surface area contributed by atoms with Crippen LogP contribution in [0.1, 0.15) is 18.2 Å². The van der Waals surface area contributed by atoms with E-state index in [1.807, 2.05) is 48.8 Å². The predicted molar refractivity (Wildman–Crippen MR) is 111 cm³/mol. The molecule has 27 heavy (non-hydrogen) atoms. The van der Waals surface area contributed by atoms with Crippen molar-refractivity contribution >= 4 is 29.2 Å². The first kappa shape index (κ1) is 20.4. The summed E-state index contributed by atoms with van der Waals surface area (Å²) >= 11 is 6.04. The lowest BCUT2D eigenvalue weighted by molar-refractivity contribution is -0.114. The van der Waals surface area contributed by atoms with Crippen molar-refractivity contribution in [3.8, 4) is 12.3 Å². The topological polar surface area (TPSA) is 61.7 Å². The molecule has 0 aliphatic heterocycles. The lowest BCUT2D eigenvalue weighted by Crippen LogP contribution is -2.39. The Morgan fingerprint density at radius 2 is 2.19 bits per heavy atom. The number of aliphatic imine (C=N–C) groups is 1. The number of carbonyl (C=O) groups is 1. The Balaban J connectivity index is 2.01. The highest BCUT2D eigenvalue weighted by molar-refractivity contribution is 6.30. The number of aromatic nitrogens is 1. The van der Waals surface area contributed by atoms with Gasteiger partial charge in [-0.25, -0.2) is 4.99 Å². The third-order valence-electron chi connectivity index (χ3n) is 3.86. The van der Waals surface area contributed by atoms with Crippen molar-refractivity contribution in [2.75, 3.05) is 25.5 Å². The standard InChI is InChI=1S/C20H24ClN5O/c1-5-15-8-7-9-17(10-15)24-19(27)12-23-20(22-6-2)26(4)14-18-11-16(21)13-25(18)3/h1,7-11,13H,6,12,14H2,2-4H3,(H,22,23)(H,24,27). The van der Waals surface area contributed by atoms with Crippen LogP contribution in [0.4, 0.5) is 5.69 Å². The molecule has 0 bridgehead atoms. The second-order valence-electron chi connectivity index (χ2n) is 6.06. The van der Waals surface area contributed by atoms with Crippen molar-refractivity contribution in [1.82, 2.24) is 14.8 Å². The minimum absolute atomic E-state index is 0.000841. The van der Waals surface area contributed by atoms with E-state index in [1.165, 1.54) is 0 Å². The van der Waals surface area contributed by atoms with Crippen LogP contribution in [0.25, 0.3) is 0 Å². The van der Waals surface area contributed by atoms with Crippen molar-refractivity contribution in [2.45, 2.75) is 13.5 Å². The number of guanidine groups is 1. The minimum Gasteiger partial charge on any atom is -0.357 e. The zero-order valence-corrected chi connectivity index (χ0v) is 16.5. The Morgan fingerprint density at radius 3 is 2.81 bits per heavy atom. The van der Waals surface area contributed by atoms with Crippen LogP contribution in [0.15, 0.2) is 41.5 Å². The summed E-state index contributed by atoms with van der Waals surface area (Å²) < 4.78 is 1.97. The molecular weight excluding hydrogens is 362 g/mol. The molecule has 0 aliphatic carbocycles. The van der Waals surface area contributed by atoms with Crippen molar-refractivity contribution in [1.29, 1.82) is 0 Å². The van der Waals surface area contributed by atoms with Crippen LogP contribution in [0.3, 0.4) is 0 Å². The zero-order chi connectivity index (χ0) is 19.8. The maximum atomic E-state index is 12.2. The summed E-state index contributed by atoms with van der Waals surface area (Å²) in [5.41, 5.74) is 2.41. The van der Waals surface area contributed by atoms with Crippen LogP contribution in [-0.4, -0.2) is 41.5 Å². The number of aryl methyl sites for hydroxylation is 1. The molecule has 2 rings (SSSR count). The fourth-order valence-electron chi connectivity index (χ4n) is 2.54. The third kappa shape index (κ3) is 6.08. The first-order chi connectivity index (χ1) is 12.9. The number of hydrogen-bond donors (Lipinski definition) is 2. The van der Waals surface area contributed by atoms with Gasteiger partial charge in [0.25, 0.3) is 0 Å². The van der Waals surface area contributed by atoms with E-state index < -0.39 is 0 Å². The number of rotatable bonds is 6. The number of benzene rings is 1. The molecule has 0 aliphatic rings. The molecule has 2 N–H and O–H groups in total. The van der Waals surface area contributed by atoms with Crippen molar-refractivity contribution in [2.24, 2.45) is 12.0 Å². The smallest absolute Gasteiger partial charge is 0.246 e. The van der Waals surface area contributed by atoms with E-state index in [9.17, 15) is 4.79 Å². The molecule has 6 nitrogen and oxygen atoms in total. The molecule has 0 saturated carbocycles. The molecule has 0 radical (unpaired) electrons. The number of nitrogens with one attached hydrogen (secondary N) is 2. The van der Waals surface area contributed by atoms with Crippen molar-refractivity contribution in [3.05, 3.63) is 52.8 Å². The van der Waals surface area contributed by atoms with Crippen LogP contribution in [-0.2, 0) is 18.4 Å². The molecule has 7 heteroatoms. The minimum atomic E-state index is -0.213. The molecule has 0 unspecified atom stereocenters. The molecule has 1 heterocycles. The largest absolute Gasteiger partial charge is 0.357 e. The quantitative estimate of drug-likeness (QED) is 0.456. The zero-order valence-electron chi connectivity index (χ0n) is 15.8. The number of nitrogens with zero attached hydrogens (tertiary/aromatic N) is 3.